The number of amides is 4. The van der Waals surface area contributed by atoms with Crippen LogP contribution in [0.4, 0.5) is 4.79 Å². The monoisotopic (exact) mass is 377 g/mol. The highest BCUT2D eigenvalue weighted by Crippen LogP contribution is 2.22. The third-order valence-electron chi connectivity index (χ3n) is 5.03. The van der Waals surface area contributed by atoms with Crippen LogP contribution in [0.1, 0.15) is 31.4 Å². The molecule has 3 rings (SSSR count). The Morgan fingerprint density at radius 2 is 2.00 bits per heavy atom. The maximum absolute atomic E-state index is 12.5. The van der Waals surface area contributed by atoms with Gasteiger partial charge in [-0.25, -0.2) is 4.79 Å². The van der Waals surface area contributed by atoms with Gasteiger partial charge in [0.1, 0.15) is 11.8 Å². The maximum Gasteiger partial charge on any atom is 0.325 e. The molecule has 0 radical (unpaired) electrons. The van der Waals surface area contributed by atoms with Crippen molar-refractivity contribution >= 4 is 23.8 Å². The van der Waals surface area contributed by atoms with Crippen LogP contribution in [0, 0.1) is 5.92 Å². The Bertz CT molecular complexity index is 709. The number of hydrogen-bond acceptors (Lipinski definition) is 6. The minimum atomic E-state index is -0.854. The van der Waals surface area contributed by atoms with E-state index in [-0.39, 0.29) is 30.8 Å². The van der Waals surface area contributed by atoms with Crippen molar-refractivity contribution in [3.05, 3.63) is 24.2 Å². The minimum Gasteiger partial charge on any atom is -0.469 e. The van der Waals surface area contributed by atoms with E-state index in [0.29, 0.717) is 25.3 Å². The number of hydrogen-bond donors (Lipinski definition) is 1. The Morgan fingerprint density at radius 3 is 2.63 bits per heavy atom. The highest BCUT2D eigenvalue weighted by Gasteiger charge is 2.40. The molecule has 0 spiro atoms. The fourth-order valence-corrected chi connectivity index (χ4v) is 3.43. The summed E-state index contributed by atoms with van der Waals surface area (Å²) in [6, 6.07) is 1.98. The van der Waals surface area contributed by atoms with Gasteiger partial charge in [-0.05, 0) is 30.9 Å². The quantitative estimate of drug-likeness (QED) is 0.583. The normalized spacial score (nSPS) is 20.7. The van der Waals surface area contributed by atoms with E-state index in [1.54, 1.807) is 17.0 Å². The first-order valence-electron chi connectivity index (χ1n) is 8.96. The summed E-state index contributed by atoms with van der Waals surface area (Å²) in [5.74, 6) is -0.137. The van der Waals surface area contributed by atoms with E-state index in [1.165, 1.54) is 13.4 Å². The maximum atomic E-state index is 12.5. The van der Waals surface area contributed by atoms with E-state index < -0.39 is 18.0 Å². The Labute approximate surface area is 156 Å². The number of nitrogens with zero attached hydrogens (tertiary/aromatic N) is 2. The first-order valence-corrected chi connectivity index (χ1v) is 8.96. The average Bonchev–Trinajstić information content (AvgIpc) is 3.26. The van der Waals surface area contributed by atoms with Crippen molar-refractivity contribution in [1.82, 2.24) is 15.1 Å². The van der Waals surface area contributed by atoms with E-state index in [9.17, 15) is 19.2 Å². The van der Waals surface area contributed by atoms with Crippen LogP contribution in [-0.4, -0.2) is 59.9 Å². The second-order valence-corrected chi connectivity index (χ2v) is 6.81. The molecule has 1 aromatic rings. The van der Waals surface area contributed by atoms with Crippen molar-refractivity contribution in [2.24, 2.45) is 5.92 Å². The molecule has 2 fully saturated rings. The van der Waals surface area contributed by atoms with Crippen LogP contribution in [0.25, 0.3) is 0 Å². The predicted molar refractivity (Wildman–Crippen MR) is 92.1 cm³/mol. The molecule has 2 aliphatic rings. The Balaban J connectivity index is 1.49. The van der Waals surface area contributed by atoms with Crippen LogP contribution in [0.3, 0.4) is 0 Å². The highest BCUT2D eigenvalue weighted by molar-refractivity contribution is 6.05. The van der Waals surface area contributed by atoms with Gasteiger partial charge in [0.2, 0.25) is 5.91 Å². The number of ether oxygens (including phenoxy) is 1. The average molecular weight is 377 g/mol. The molecule has 3 heterocycles. The number of carbonyl (C=O) groups is 4. The molecule has 2 saturated heterocycles. The van der Waals surface area contributed by atoms with Crippen molar-refractivity contribution < 1.29 is 28.3 Å². The minimum absolute atomic E-state index is 0.0429. The van der Waals surface area contributed by atoms with Crippen molar-refractivity contribution in [3.63, 3.8) is 0 Å². The van der Waals surface area contributed by atoms with Crippen LogP contribution < -0.4 is 5.32 Å². The number of urea groups is 1. The summed E-state index contributed by atoms with van der Waals surface area (Å²) in [5.41, 5.74) is 0. The van der Waals surface area contributed by atoms with Gasteiger partial charge < -0.3 is 19.4 Å². The standard InChI is InChI=1S/C18H23N3O6/c1-26-16(23)9-12-4-6-20(7-5-12)15(22)10-14-17(24)21(18(25)19-14)11-13-3-2-8-27-13/h2-3,8,12,14H,4-7,9-11H2,1H3,(H,19,25). The molecule has 0 aromatic carbocycles. The molecule has 4 amide bonds. The molecule has 1 atom stereocenters. The van der Waals surface area contributed by atoms with Crippen LogP contribution in [-0.2, 0) is 25.7 Å². The molecule has 0 saturated carbocycles. The van der Waals surface area contributed by atoms with Gasteiger partial charge in [0, 0.05) is 19.5 Å². The van der Waals surface area contributed by atoms with Gasteiger partial charge in [-0.15, -0.1) is 0 Å². The molecule has 27 heavy (non-hydrogen) atoms. The SMILES string of the molecule is COC(=O)CC1CCN(C(=O)CC2NC(=O)N(Cc3ccco3)C2=O)CC1. The summed E-state index contributed by atoms with van der Waals surface area (Å²) in [4.78, 5) is 51.1. The summed E-state index contributed by atoms with van der Waals surface area (Å²) in [6.45, 7) is 1.11. The zero-order valence-electron chi connectivity index (χ0n) is 15.2. The highest BCUT2D eigenvalue weighted by atomic mass is 16.5. The number of methoxy groups -OCH3 is 1. The van der Waals surface area contributed by atoms with Crippen molar-refractivity contribution in [2.45, 2.75) is 38.3 Å². The summed E-state index contributed by atoms with van der Waals surface area (Å²) in [6.07, 6.45) is 3.20. The molecule has 9 heteroatoms. The Morgan fingerprint density at radius 1 is 1.26 bits per heavy atom. The van der Waals surface area contributed by atoms with Crippen LogP contribution in [0.5, 0.6) is 0 Å². The molecule has 1 aromatic heterocycles. The molecule has 2 aliphatic heterocycles. The van der Waals surface area contributed by atoms with Crippen LogP contribution in [0.15, 0.2) is 22.8 Å². The van der Waals surface area contributed by atoms with E-state index >= 15 is 0 Å². The first-order chi connectivity index (χ1) is 13.0. The summed E-state index contributed by atoms with van der Waals surface area (Å²) in [7, 11) is 1.36. The third-order valence-corrected chi connectivity index (χ3v) is 5.03. The van der Waals surface area contributed by atoms with Gasteiger partial charge in [0.15, 0.2) is 0 Å². The lowest BCUT2D eigenvalue weighted by Gasteiger charge is -2.32. The molecule has 0 bridgehead atoms. The fourth-order valence-electron chi connectivity index (χ4n) is 3.43. The lowest BCUT2D eigenvalue weighted by Crippen LogP contribution is -2.43. The zero-order chi connectivity index (χ0) is 19.4. The number of carbonyl (C=O) groups excluding carboxylic acids is 4. The van der Waals surface area contributed by atoms with Gasteiger partial charge in [-0.3, -0.25) is 19.3 Å². The van der Waals surface area contributed by atoms with Gasteiger partial charge in [0.25, 0.3) is 5.91 Å². The molecule has 1 N–H and O–H groups in total. The fraction of sp³-hybridized carbons (Fsp3) is 0.556. The first kappa shape index (κ1) is 18.9. The molecular formula is C18H23N3O6. The number of esters is 1. The molecular weight excluding hydrogens is 354 g/mol. The number of furan rings is 1. The Hall–Kier alpha value is -2.84. The number of rotatable bonds is 6. The second-order valence-electron chi connectivity index (χ2n) is 6.81. The molecule has 0 aliphatic carbocycles. The molecule has 9 nitrogen and oxygen atoms in total. The molecule has 146 valence electrons. The van der Waals surface area contributed by atoms with Crippen molar-refractivity contribution in [3.8, 4) is 0 Å². The number of imide groups is 1. The largest absolute Gasteiger partial charge is 0.469 e. The summed E-state index contributed by atoms with van der Waals surface area (Å²) >= 11 is 0. The van der Waals surface area contributed by atoms with Crippen molar-refractivity contribution in [2.75, 3.05) is 20.2 Å². The van der Waals surface area contributed by atoms with Crippen molar-refractivity contribution in [1.29, 1.82) is 0 Å². The Kier molecular flexibility index (Phi) is 5.78. The van der Waals surface area contributed by atoms with Crippen LogP contribution in [0.2, 0.25) is 0 Å². The second kappa shape index (κ2) is 8.24. The van der Waals surface area contributed by atoms with E-state index in [2.05, 4.69) is 10.1 Å². The third kappa shape index (κ3) is 4.47. The number of likely N-dealkylation sites (tertiary alicyclic amines) is 1. The lowest BCUT2D eigenvalue weighted by atomic mass is 9.93. The predicted octanol–water partition coefficient (Wildman–Crippen LogP) is 0.892. The van der Waals surface area contributed by atoms with E-state index in [1.807, 2.05) is 0 Å². The van der Waals surface area contributed by atoms with Crippen LogP contribution >= 0.6 is 0 Å². The van der Waals surface area contributed by atoms with E-state index in [0.717, 1.165) is 17.7 Å². The zero-order valence-corrected chi connectivity index (χ0v) is 15.2. The van der Waals surface area contributed by atoms with Gasteiger partial charge in [-0.1, -0.05) is 0 Å². The topological polar surface area (TPSA) is 109 Å². The summed E-state index contributed by atoms with van der Waals surface area (Å²) < 4.78 is 9.84. The van der Waals surface area contributed by atoms with Gasteiger partial charge in [0.05, 0.1) is 26.3 Å². The molecule has 1 unspecified atom stereocenters. The van der Waals surface area contributed by atoms with Gasteiger partial charge >= 0.3 is 12.0 Å². The van der Waals surface area contributed by atoms with E-state index in [4.69, 9.17) is 4.42 Å². The smallest absolute Gasteiger partial charge is 0.325 e. The van der Waals surface area contributed by atoms with Gasteiger partial charge in [-0.2, -0.15) is 0 Å². The lowest BCUT2D eigenvalue weighted by molar-refractivity contribution is -0.142. The summed E-state index contributed by atoms with van der Waals surface area (Å²) in [5, 5.41) is 2.57. The number of piperidine rings is 1. The number of nitrogens with one attached hydrogen (secondary N) is 1.